The van der Waals surface area contributed by atoms with Crippen molar-refractivity contribution >= 4 is 12.2 Å². The van der Waals surface area contributed by atoms with Crippen LogP contribution in [0.3, 0.4) is 0 Å². The zero-order valence-electron chi connectivity index (χ0n) is 26.0. The van der Waals surface area contributed by atoms with Crippen LogP contribution in [0.15, 0.2) is 71.8 Å². The van der Waals surface area contributed by atoms with Crippen molar-refractivity contribution in [1.82, 2.24) is 16.0 Å². The molecule has 0 aromatic heterocycles. The van der Waals surface area contributed by atoms with Crippen molar-refractivity contribution in [2.75, 3.05) is 19.6 Å². The molecule has 5 N–H and O–H groups in total. The molecule has 4 heteroatoms. The molecule has 1 heterocycles. The van der Waals surface area contributed by atoms with Crippen molar-refractivity contribution in [1.29, 1.82) is 0 Å². The third kappa shape index (κ3) is 7.45. The molecule has 4 fully saturated rings. The van der Waals surface area contributed by atoms with Gasteiger partial charge in [0.1, 0.15) is 0 Å². The first-order chi connectivity index (χ1) is 20.6. The van der Waals surface area contributed by atoms with Crippen molar-refractivity contribution < 1.29 is 0 Å². The minimum Gasteiger partial charge on any atom is -0.327 e. The predicted molar refractivity (Wildman–Crippen MR) is 178 cm³/mol. The van der Waals surface area contributed by atoms with Crippen molar-refractivity contribution in [3.05, 3.63) is 82.9 Å². The molecule has 4 nitrogen and oxygen atoms in total. The van der Waals surface area contributed by atoms with Crippen LogP contribution in [-0.2, 0) is 0 Å². The number of hydrogen-bond donors (Lipinski definition) is 4. The number of piperidine rings is 1. The van der Waals surface area contributed by atoms with E-state index in [2.05, 4.69) is 103 Å². The van der Waals surface area contributed by atoms with Crippen molar-refractivity contribution in [3.63, 3.8) is 0 Å². The summed E-state index contributed by atoms with van der Waals surface area (Å²) in [7, 11) is 0. The smallest absolute Gasteiger partial charge is 0.0142 e. The first-order valence-electron chi connectivity index (χ1n) is 17.1. The van der Waals surface area contributed by atoms with Crippen LogP contribution in [0.5, 0.6) is 0 Å². The standard InChI is InChI=1S/C38H54N4/c1-3-28(19-26-11-7-5-8-12-26)32-22-37(32)41-24-30-17-18-40-25-35(30)34-21-31(15-16-36(34)39)42-38-23-33(38)29(4-2)20-27-13-9-6-10-14-27/h5-14,19-20,30-38,40-42H,3-4,15-18,21-25,39H2,1-2H3/b28-19+,29-20+. The molecule has 9 unspecified atom stereocenters. The quantitative estimate of drug-likeness (QED) is 0.232. The number of rotatable bonds is 12. The fourth-order valence-electron chi connectivity index (χ4n) is 8.26. The van der Waals surface area contributed by atoms with E-state index in [1.807, 2.05) is 0 Å². The molecular weight excluding hydrogens is 512 g/mol. The highest BCUT2D eigenvalue weighted by Crippen LogP contribution is 2.43. The third-order valence-corrected chi connectivity index (χ3v) is 10.9. The minimum absolute atomic E-state index is 0.337. The lowest BCUT2D eigenvalue weighted by Gasteiger charge is -2.44. The molecule has 3 saturated carbocycles. The summed E-state index contributed by atoms with van der Waals surface area (Å²) in [4.78, 5) is 0. The van der Waals surface area contributed by atoms with Crippen LogP contribution < -0.4 is 21.7 Å². The topological polar surface area (TPSA) is 62.1 Å². The first kappa shape index (κ1) is 29.8. The molecule has 0 bridgehead atoms. The summed E-state index contributed by atoms with van der Waals surface area (Å²) in [5.41, 5.74) is 12.8. The fourth-order valence-corrected chi connectivity index (χ4v) is 8.26. The SMILES string of the molecule is CC/C(=C\c1ccccc1)C1CC1NCC1CCNCC1C1CC(NC2CC2/C(=C/c2ccccc2)CC)CCC1N. The van der Waals surface area contributed by atoms with E-state index >= 15 is 0 Å². The molecule has 2 aromatic rings. The lowest BCUT2D eigenvalue weighted by molar-refractivity contribution is 0.107. The molecule has 42 heavy (non-hydrogen) atoms. The summed E-state index contributed by atoms with van der Waals surface area (Å²) >= 11 is 0. The largest absolute Gasteiger partial charge is 0.327 e. The first-order valence-corrected chi connectivity index (χ1v) is 17.1. The van der Waals surface area contributed by atoms with E-state index in [1.165, 1.54) is 43.2 Å². The van der Waals surface area contributed by atoms with Gasteiger partial charge in [-0.3, -0.25) is 0 Å². The number of benzene rings is 2. The Balaban J connectivity index is 1.02. The maximum absolute atomic E-state index is 6.89. The Labute approximate surface area is 255 Å². The summed E-state index contributed by atoms with van der Waals surface area (Å²) < 4.78 is 0. The molecule has 0 amide bonds. The molecule has 4 aliphatic rings. The van der Waals surface area contributed by atoms with Gasteiger partial charge in [0, 0.05) is 24.2 Å². The van der Waals surface area contributed by atoms with Gasteiger partial charge in [-0.25, -0.2) is 0 Å². The Morgan fingerprint density at radius 1 is 0.786 bits per heavy atom. The van der Waals surface area contributed by atoms with Crippen LogP contribution >= 0.6 is 0 Å². The van der Waals surface area contributed by atoms with Gasteiger partial charge in [0.05, 0.1) is 0 Å². The summed E-state index contributed by atoms with van der Waals surface area (Å²) in [5.74, 6) is 3.41. The zero-order valence-corrected chi connectivity index (χ0v) is 26.0. The highest BCUT2D eigenvalue weighted by molar-refractivity contribution is 5.55. The number of nitrogens with two attached hydrogens (primary N) is 1. The highest BCUT2D eigenvalue weighted by atomic mass is 15.0. The van der Waals surface area contributed by atoms with Gasteiger partial charge in [0.25, 0.3) is 0 Å². The van der Waals surface area contributed by atoms with Crippen molar-refractivity contribution in [3.8, 4) is 0 Å². The van der Waals surface area contributed by atoms with Crippen LogP contribution in [-0.4, -0.2) is 43.8 Å². The normalized spacial score (nSPS) is 35.2. The van der Waals surface area contributed by atoms with Gasteiger partial charge in [-0.1, -0.05) is 97.8 Å². The van der Waals surface area contributed by atoms with E-state index in [0.29, 0.717) is 47.8 Å². The molecule has 6 rings (SSSR count). The summed E-state index contributed by atoms with van der Waals surface area (Å²) in [6.45, 7) is 8.05. The van der Waals surface area contributed by atoms with E-state index in [9.17, 15) is 0 Å². The van der Waals surface area contributed by atoms with E-state index < -0.39 is 0 Å². The van der Waals surface area contributed by atoms with Crippen LogP contribution in [0.1, 0.15) is 76.3 Å². The Morgan fingerprint density at radius 3 is 2.05 bits per heavy atom. The second-order valence-corrected chi connectivity index (χ2v) is 13.7. The summed E-state index contributed by atoms with van der Waals surface area (Å²) in [6, 6.07) is 23.9. The molecule has 1 aliphatic heterocycles. The Morgan fingerprint density at radius 2 is 1.40 bits per heavy atom. The molecule has 0 radical (unpaired) electrons. The number of hydrogen-bond acceptors (Lipinski definition) is 4. The molecule has 3 aliphatic carbocycles. The Hall–Kier alpha value is -2.24. The van der Waals surface area contributed by atoms with Gasteiger partial charge in [0.15, 0.2) is 0 Å². The molecule has 9 atom stereocenters. The fraction of sp³-hybridized carbons (Fsp3) is 0.579. The van der Waals surface area contributed by atoms with Gasteiger partial charge < -0.3 is 21.7 Å². The zero-order chi connectivity index (χ0) is 28.9. The van der Waals surface area contributed by atoms with Crippen molar-refractivity contribution in [2.45, 2.75) is 89.4 Å². The van der Waals surface area contributed by atoms with E-state index in [1.54, 1.807) is 11.1 Å². The van der Waals surface area contributed by atoms with Gasteiger partial charge in [-0.05, 0) is 112 Å². The second kappa shape index (κ2) is 14.0. The lowest BCUT2D eigenvalue weighted by atomic mass is 9.68. The van der Waals surface area contributed by atoms with Gasteiger partial charge in [-0.15, -0.1) is 0 Å². The summed E-state index contributed by atoms with van der Waals surface area (Å²) in [6.07, 6.45) is 14.6. The second-order valence-electron chi connectivity index (χ2n) is 13.7. The average molecular weight is 567 g/mol. The predicted octanol–water partition coefficient (Wildman–Crippen LogP) is 6.65. The highest BCUT2D eigenvalue weighted by Gasteiger charge is 2.44. The van der Waals surface area contributed by atoms with E-state index in [-0.39, 0.29) is 0 Å². The Bertz CT molecular complexity index is 1190. The maximum atomic E-state index is 6.89. The molecule has 0 spiro atoms. The van der Waals surface area contributed by atoms with E-state index in [0.717, 1.165) is 44.8 Å². The molecular formula is C38H54N4. The molecule has 1 saturated heterocycles. The average Bonchev–Trinajstić information content (AvgIpc) is 3.97. The van der Waals surface area contributed by atoms with Gasteiger partial charge >= 0.3 is 0 Å². The molecule has 2 aromatic carbocycles. The van der Waals surface area contributed by atoms with E-state index in [4.69, 9.17) is 5.73 Å². The van der Waals surface area contributed by atoms with Crippen LogP contribution in [0.25, 0.3) is 12.2 Å². The molecule has 226 valence electrons. The van der Waals surface area contributed by atoms with Gasteiger partial charge in [0.2, 0.25) is 0 Å². The lowest BCUT2D eigenvalue weighted by Crippen LogP contribution is -2.53. The van der Waals surface area contributed by atoms with Crippen molar-refractivity contribution in [2.24, 2.45) is 35.3 Å². The van der Waals surface area contributed by atoms with Gasteiger partial charge in [-0.2, -0.15) is 0 Å². The number of nitrogens with one attached hydrogen (secondary N) is 3. The Kier molecular flexibility index (Phi) is 9.96. The van der Waals surface area contributed by atoms with Crippen LogP contribution in [0.4, 0.5) is 0 Å². The monoisotopic (exact) mass is 566 g/mol. The maximum Gasteiger partial charge on any atom is 0.0142 e. The van der Waals surface area contributed by atoms with Crippen LogP contribution in [0.2, 0.25) is 0 Å². The van der Waals surface area contributed by atoms with Crippen LogP contribution in [0, 0.1) is 29.6 Å². The minimum atomic E-state index is 0.337. The summed E-state index contributed by atoms with van der Waals surface area (Å²) in [5, 5.41) is 11.9. The third-order valence-electron chi connectivity index (χ3n) is 10.9.